The molecule has 0 bridgehead atoms. The molecule has 7 nitrogen and oxygen atoms in total. The van der Waals surface area contributed by atoms with Crippen LogP contribution in [0, 0.1) is 5.82 Å². The largest absolute Gasteiger partial charge is 0.482 e. The monoisotopic (exact) mass is 450 g/mol. The number of pyridine rings is 1. The van der Waals surface area contributed by atoms with Crippen LogP contribution in [0.1, 0.15) is 25.0 Å². The summed E-state index contributed by atoms with van der Waals surface area (Å²) < 4.78 is 19.8. The minimum Gasteiger partial charge on any atom is -0.482 e. The maximum Gasteiger partial charge on any atom is 0.260 e. The quantitative estimate of drug-likeness (QED) is 0.698. The van der Waals surface area contributed by atoms with E-state index in [9.17, 15) is 9.18 Å². The molecule has 2 N–H and O–H groups in total. The van der Waals surface area contributed by atoms with Crippen LogP contribution in [0.25, 0.3) is 11.1 Å². The van der Waals surface area contributed by atoms with Gasteiger partial charge >= 0.3 is 0 Å². The molecule has 1 aromatic heterocycles. The number of hydrogen-bond acceptors (Lipinski definition) is 6. The lowest BCUT2D eigenvalue weighted by Gasteiger charge is -2.35. The first-order valence-corrected chi connectivity index (χ1v) is 11.2. The number of anilines is 2. The summed E-state index contributed by atoms with van der Waals surface area (Å²) in [5.41, 5.74) is 2.72. The molecule has 3 aliphatic rings. The van der Waals surface area contributed by atoms with Gasteiger partial charge in [-0.05, 0) is 50.3 Å². The van der Waals surface area contributed by atoms with E-state index in [1.807, 2.05) is 38.3 Å². The second kappa shape index (κ2) is 8.28. The van der Waals surface area contributed by atoms with Gasteiger partial charge in [-0.15, -0.1) is 0 Å². The number of aliphatic hydroxyl groups excluding tert-OH is 1. The zero-order chi connectivity index (χ0) is 23.2. The molecule has 1 aromatic carbocycles. The van der Waals surface area contributed by atoms with Gasteiger partial charge in [0.15, 0.2) is 0 Å². The molecule has 33 heavy (non-hydrogen) atoms. The highest BCUT2D eigenvalue weighted by atomic mass is 19.1. The number of allylic oxidation sites excluding steroid dienone is 1. The Kier molecular flexibility index (Phi) is 5.42. The number of fused-ring (bicyclic) bond motifs is 1. The molecule has 0 atom stereocenters. The lowest BCUT2D eigenvalue weighted by atomic mass is 9.93. The number of benzene rings is 1. The molecule has 8 heteroatoms. The molecular formula is C25H27FN4O3. The van der Waals surface area contributed by atoms with Gasteiger partial charge in [0.1, 0.15) is 23.0 Å². The summed E-state index contributed by atoms with van der Waals surface area (Å²) in [7, 11) is 0. The van der Waals surface area contributed by atoms with Crippen LogP contribution in [-0.4, -0.2) is 65.8 Å². The van der Waals surface area contributed by atoms with Crippen LogP contribution in [-0.2, 0) is 9.53 Å². The number of carbonyl (C=O) groups excluding carboxylic acids is 1. The van der Waals surface area contributed by atoms with Crippen molar-refractivity contribution in [3.63, 3.8) is 0 Å². The molecular weight excluding hydrogens is 423 g/mol. The van der Waals surface area contributed by atoms with Crippen LogP contribution in [0.5, 0.6) is 0 Å². The number of rotatable bonds is 4. The normalized spacial score (nSPS) is 22.1. The molecule has 3 aliphatic heterocycles. The third kappa shape index (κ3) is 4.00. The Balaban J connectivity index is 1.41. The average Bonchev–Trinajstić information content (AvgIpc) is 3.28. The number of aliphatic hydroxyl groups is 1. The number of β-amino-alcohol motifs (C(OH)–C–C–N with tert-alkyl or cyclic N) is 1. The number of piperazine rings is 1. The number of hydrogen-bond donors (Lipinski definition) is 2. The summed E-state index contributed by atoms with van der Waals surface area (Å²) in [6, 6.07) is 8.31. The minimum atomic E-state index is -0.648. The van der Waals surface area contributed by atoms with Crippen LogP contribution < -0.4 is 10.2 Å². The Hall–Kier alpha value is -3.23. The first kappa shape index (κ1) is 21.6. The van der Waals surface area contributed by atoms with Crippen molar-refractivity contribution in [2.75, 3.05) is 49.5 Å². The van der Waals surface area contributed by atoms with Crippen LogP contribution in [0.4, 0.5) is 15.9 Å². The maximum atomic E-state index is 13.6. The zero-order valence-electron chi connectivity index (χ0n) is 18.8. The number of amides is 1. The van der Waals surface area contributed by atoms with Crippen molar-refractivity contribution in [3.05, 3.63) is 65.3 Å². The minimum absolute atomic E-state index is 0.183. The van der Waals surface area contributed by atoms with E-state index in [1.54, 1.807) is 6.07 Å². The van der Waals surface area contributed by atoms with Gasteiger partial charge in [0.2, 0.25) is 0 Å². The highest BCUT2D eigenvalue weighted by Gasteiger charge is 2.38. The summed E-state index contributed by atoms with van der Waals surface area (Å²) in [4.78, 5) is 21.8. The van der Waals surface area contributed by atoms with Gasteiger partial charge in [-0.3, -0.25) is 9.69 Å². The fraction of sp³-hybridized carbons (Fsp3) is 0.360. The summed E-state index contributed by atoms with van der Waals surface area (Å²) >= 11 is 0. The molecule has 4 heterocycles. The Bertz CT molecular complexity index is 1150. The van der Waals surface area contributed by atoms with E-state index in [-0.39, 0.29) is 12.5 Å². The SMILES string of the molecule is CC1(C)O/C(=C2/C(=O)Nc3cc(F)ccc32)C=C1c1ccc(N2CCN(CCO)CC2)nc1. The Labute approximate surface area is 192 Å². The van der Waals surface area contributed by atoms with E-state index in [0.29, 0.717) is 29.1 Å². The van der Waals surface area contributed by atoms with E-state index < -0.39 is 11.4 Å². The van der Waals surface area contributed by atoms with Gasteiger partial charge in [-0.25, -0.2) is 9.37 Å². The molecule has 0 unspecified atom stereocenters. The van der Waals surface area contributed by atoms with E-state index in [2.05, 4.69) is 15.1 Å². The molecule has 172 valence electrons. The van der Waals surface area contributed by atoms with Gasteiger partial charge in [0.05, 0.1) is 17.9 Å². The van der Waals surface area contributed by atoms with Crippen molar-refractivity contribution >= 4 is 28.6 Å². The average molecular weight is 451 g/mol. The number of nitrogens with zero attached hydrogens (tertiary/aromatic N) is 3. The third-order valence-electron chi connectivity index (χ3n) is 6.43. The van der Waals surface area contributed by atoms with Crippen LogP contribution in [0.3, 0.4) is 0 Å². The summed E-state index contributed by atoms with van der Waals surface area (Å²) in [5, 5.41) is 11.8. The fourth-order valence-electron chi connectivity index (χ4n) is 4.68. The predicted molar refractivity (Wildman–Crippen MR) is 125 cm³/mol. The van der Waals surface area contributed by atoms with E-state index in [1.165, 1.54) is 12.1 Å². The molecule has 1 saturated heterocycles. The maximum absolute atomic E-state index is 13.6. The first-order valence-electron chi connectivity index (χ1n) is 11.2. The van der Waals surface area contributed by atoms with Crippen molar-refractivity contribution in [1.29, 1.82) is 0 Å². The molecule has 5 rings (SSSR count). The molecule has 0 radical (unpaired) electrons. The topological polar surface area (TPSA) is 77.9 Å². The molecule has 2 aromatic rings. The lowest BCUT2D eigenvalue weighted by molar-refractivity contribution is -0.111. The number of halogens is 1. The summed E-state index contributed by atoms with van der Waals surface area (Å²) in [6.45, 7) is 8.35. The van der Waals surface area contributed by atoms with E-state index in [4.69, 9.17) is 14.8 Å². The van der Waals surface area contributed by atoms with Gasteiger partial charge < -0.3 is 20.1 Å². The molecule has 0 spiro atoms. The predicted octanol–water partition coefficient (Wildman–Crippen LogP) is 2.89. The van der Waals surface area contributed by atoms with Crippen molar-refractivity contribution in [2.45, 2.75) is 19.4 Å². The smallest absolute Gasteiger partial charge is 0.260 e. The van der Waals surface area contributed by atoms with E-state index in [0.717, 1.165) is 43.1 Å². The second-order valence-electron chi connectivity index (χ2n) is 9.01. The van der Waals surface area contributed by atoms with Crippen molar-refractivity contribution in [1.82, 2.24) is 9.88 Å². The number of carbonyl (C=O) groups is 1. The fourth-order valence-corrected chi connectivity index (χ4v) is 4.68. The highest BCUT2D eigenvalue weighted by molar-refractivity contribution is 6.32. The third-order valence-corrected chi connectivity index (χ3v) is 6.43. The van der Waals surface area contributed by atoms with Gasteiger partial charge in [-0.2, -0.15) is 0 Å². The van der Waals surface area contributed by atoms with E-state index >= 15 is 0 Å². The number of nitrogens with one attached hydrogen (secondary N) is 1. The standard InChI is InChI=1S/C25H27FN4O3/c1-25(2)19(14-21(33-25)23-18-5-4-17(26)13-20(18)28-24(23)32)16-3-6-22(27-15-16)30-9-7-29(8-10-30)11-12-31/h3-6,13-15,31H,7-12H2,1-2H3,(H,28,32)/b23-21+. The Morgan fingerprint density at radius 3 is 2.67 bits per heavy atom. The lowest BCUT2D eigenvalue weighted by Crippen LogP contribution is -2.47. The number of aromatic nitrogens is 1. The first-order chi connectivity index (χ1) is 15.9. The van der Waals surface area contributed by atoms with Crippen molar-refractivity contribution < 1.29 is 19.0 Å². The van der Waals surface area contributed by atoms with Crippen LogP contribution in [0.15, 0.2) is 48.4 Å². The molecule has 1 amide bonds. The van der Waals surface area contributed by atoms with Crippen LogP contribution in [0.2, 0.25) is 0 Å². The molecule has 1 fully saturated rings. The second-order valence-corrected chi connectivity index (χ2v) is 9.01. The van der Waals surface area contributed by atoms with Crippen molar-refractivity contribution in [3.8, 4) is 0 Å². The number of ether oxygens (including phenoxy) is 1. The molecule has 0 aliphatic carbocycles. The molecule has 0 saturated carbocycles. The zero-order valence-corrected chi connectivity index (χ0v) is 18.8. The van der Waals surface area contributed by atoms with Gasteiger partial charge in [-0.1, -0.05) is 0 Å². The Morgan fingerprint density at radius 1 is 1.18 bits per heavy atom. The van der Waals surface area contributed by atoms with Crippen molar-refractivity contribution in [2.24, 2.45) is 0 Å². The summed E-state index contributed by atoms with van der Waals surface area (Å²) in [6.07, 6.45) is 3.73. The van der Waals surface area contributed by atoms with Gasteiger partial charge in [0.25, 0.3) is 5.91 Å². The van der Waals surface area contributed by atoms with Crippen LogP contribution >= 0.6 is 0 Å². The summed E-state index contributed by atoms with van der Waals surface area (Å²) in [5.74, 6) is 0.698. The Morgan fingerprint density at radius 2 is 1.97 bits per heavy atom. The highest BCUT2D eigenvalue weighted by Crippen LogP contribution is 2.44. The van der Waals surface area contributed by atoms with Gasteiger partial charge in [0, 0.05) is 55.6 Å².